The number of hydrogen-bond donors (Lipinski definition) is 3. The first-order valence-corrected chi connectivity index (χ1v) is 10.7. The van der Waals surface area contributed by atoms with Gasteiger partial charge in [-0.25, -0.2) is 13.2 Å². The van der Waals surface area contributed by atoms with E-state index < -0.39 is 29.3 Å². The maximum absolute atomic E-state index is 14.6. The predicted molar refractivity (Wildman–Crippen MR) is 128 cm³/mol. The Hall–Kier alpha value is -4.27. The van der Waals surface area contributed by atoms with Gasteiger partial charge in [0.15, 0.2) is 11.3 Å². The van der Waals surface area contributed by atoms with Crippen LogP contribution in [0.15, 0.2) is 62.9 Å². The molecule has 0 saturated carbocycles. The average Bonchev–Trinajstić information content (AvgIpc) is 2.81. The number of aryl methyl sites for hydroxylation is 1. The van der Waals surface area contributed by atoms with Crippen LogP contribution in [0.4, 0.5) is 18.9 Å². The number of fused-ring (bicyclic) bond motifs is 1. The van der Waals surface area contributed by atoms with E-state index in [1.807, 2.05) is 6.92 Å². The largest absolute Gasteiger partial charge is 0.455 e. The third-order valence-electron chi connectivity index (χ3n) is 5.78. The molecule has 0 aliphatic rings. The van der Waals surface area contributed by atoms with Crippen molar-refractivity contribution < 1.29 is 22.8 Å². The standard InChI is InChI=1S/C26H22F3N3O3/c1-12-9-17(14(3)31-21-6-4-5-19(28)22(21)26(30)32-34)25-18(10-12)23(33)13(2)24(35-25)16-8-7-15(27)11-20(16)29/h4-11,14,31,34H,1-3H3,(H2,30,32)/t14-/m1/s1. The van der Waals surface area contributed by atoms with Crippen LogP contribution in [-0.4, -0.2) is 11.0 Å². The Morgan fingerprint density at radius 2 is 1.83 bits per heavy atom. The van der Waals surface area contributed by atoms with Crippen LogP contribution in [0.1, 0.15) is 35.2 Å². The summed E-state index contributed by atoms with van der Waals surface area (Å²) >= 11 is 0. The van der Waals surface area contributed by atoms with Gasteiger partial charge in [0.05, 0.1) is 22.6 Å². The summed E-state index contributed by atoms with van der Waals surface area (Å²) in [4.78, 5) is 13.2. The molecule has 1 heterocycles. The summed E-state index contributed by atoms with van der Waals surface area (Å²) in [5.74, 6) is -2.73. The molecule has 0 bridgehead atoms. The number of hydrogen-bond acceptors (Lipinski definition) is 5. The van der Waals surface area contributed by atoms with Gasteiger partial charge in [0.1, 0.15) is 28.8 Å². The molecule has 6 nitrogen and oxygen atoms in total. The summed E-state index contributed by atoms with van der Waals surface area (Å²) < 4.78 is 48.5. The monoisotopic (exact) mass is 481 g/mol. The number of nitrogens with two attached hydrogens (primary N) is 1. The molecule has 0 radical (unpaired) electrons. The lowest BCUT2D eigenvalue weighted by Gasteiger charge is -2.20. The van der Waals surface area contributed by atoms with Crippen molar-refractivity contribution in [1.29, 1.82) is 0 Å². The Morgan fingerprint density at radius 1 is 1.09 bits per heavy atom. The van der Waals surface area contributed by atoms with Crippen molar-refractivity contribution in [2.75, 3.05) is 5.32 Å². The zero-order valence-corrected chi connectivity index (χ0v) is 19.1. The maximum atomic E-state index is 14.6. The van der Waals surface area contributed by atoms with Crippen molar-refractivity contribution in [2.45, 2.75) is 26.8 Å². The highest BCUT2D eigenvalue weighted by Crippen LogP contribution is 2.34. The third kappa shape index (κ3) is 4.32. The van der Waals surface area contributed by atoms with Crippen LogP contribution in [-0.2, 0) is 0 Å². The number of rotatable bonds is 5. The lowest BCUT2D eigenvalue weighted by atomic mass is 9.98. The van der Waals surface area contributed by atoms with Crippen LogP contribution >= 0.6 is 0 Å². The number of benzene rings is 3. The van der Waals surface area contributed by atoms with Crippen molar-refractivity contribution in [2.24, 2.45) is 10.9 Å². The minimum absolute atomic E-state index is 0.0135. The molecule has 1 aromatic heterocycles. The van der Waals surface area contributed by atoms with E-state index in [9.17, 15) is 18.0 Å². The Labute approximate surface area is 198 Å². The summed E-state index contributed by atoms with van der Waals surface area (Å²) in [7, 11) is 0. The smallest absolute Gasteiger partial charge is 0.196 e. The quantitative estimate of drug-likeness (QED) is 0.146. The van der Waals surface area contributed by atoms with Crippen molar-refractivity contribution in [3.8, 4) is 11.3 Å². The van der Waals surface area contributed by atoms with Crippen LogP contribution in [0.3, 0.4) is 0 Å². The fraction of sp³-hybridized carbons (Fsp3) is 0.154. The topological polar surface area (TPSA) is 101 Å². The van der Waals surface area contributed by atoms with Crippen molar-refractivity contribution >= 4 is 22.5 Å². The average molecular weight is 481 g/mol. The summed E-state index contributed by atoms with van der Waals surface area (Å²) in [6.45, 7) is 5.08. The Kier molecular flexibility index (Phi) is 6.26. The number of halogens is 3. The summed E-state index contributed by atoms with van der Waals surface area (Å²) in [5, 5.41) is 15.4. The van der Waals surface area contributed by atoms with E-state index in [2.05, 4.69) is 10.5 Å². The molecule has 0 aliphatic carbocycles. The van der Waals surface area contributed by atoms with Gasteiger partial charge < -0.3 is 20.7 Å². The molecule has 9 heteroatoms. The molecular formula is C26H22F3N3O3. The van der Waals surface area contributed by atoms with E-state index in [0.717, 1.165) is 17.7 Å². The number of anilines is 1. The van der Waals surface area contributed by atoms with Gasteiger partial charge in [-0.15, -0.1) is 0 Å². The first kappa shape index (κ1) is 23.9. The second-order valence-electron chi connectivity index (χ2n) is 8.25. The van der Waals surface area contributed by atoms with Crippen LogP contribution < -0.4 is 16.5 Å². The highest BCUT2D eigenvalue weighted by molar-refractivity contribution is 6.02. The van der Waals surface area contributed by atoms with Gasteiger partial charge in [0.2, 0.25) is 0 Å². The van der Waals surface area contributed by atoms with Gasteiger partial charge in [-0.1, -0.05) is 17.3 Å². The fourth-order valence-electron chi connectivity index (χ4n) is 4.09. The molecule has 0 fully saturated rings. The lowest BCUT2D eigenvalue weighted by molar-refractivity contribution is 0.318. The molecule has 1 atom stereocenters. The molecule has 0 spiro atoms. The molecule has 4 aromatic rings. The summed E-state index contributed by atoms with van der Waals surface area (Å²) in [6, 6.07) is 10.1. The Morgan fingerprint density at radius 3 is 2.51 bits per heavy atom. The molecular weight excluding hydrogens is 459 g/mol. The normalized spacial score (nSPS) is 12.7. The van der Waals surface area contributed by atoms with E-state index >= 15 is 0 Å². The van der Waals surface area contributed by atoms with E-state index in [4.69, 9.17) is 15.4 Å². The second kappa shape index (κ2) is 9.17. The molecule has 35 heavy (non-hydrogen) atoms. The van der Waals surface area contributed by atoms with Crippen molar-refractivity contribution in [1.82, 2.24) is 0 Å². The zero-order valence-electron chi connectivity index (χ0n) is 19.1. The van der Waals surface area contributed by atoms with E-state index in [-0.39, 0.29) is 44.5 Å². The van der Waals surface area contributed by atoms with Crippen LogP contribution in [0, 0.1) is 31.3 Å². The van der Waals surface area contributed by atoms with E-state index in [1.54, 1.807) is 25.1 Å². The van der Waals surface area contributed by atoms with E-state index in [0.29, 0.717) is 5.56 Å². The number of oxime groups is 1. The molecule has 0 aliphatic heterocycles. The van der Waals surface area contributed by atoms with Gasteiger partial charge in [-0.3, -0.25) is 4.79 Å². The van der Waals surface area contributed by atoms with Gasteiger partial charge in [0, 0.05) is 22.9 Å². The van der Waals surface area contributed by atoms with Crippen molar-refractivity contribution in [3.05, 3.63) is 98.5 Å². The highest BCUT2D eigenvalue weighted by atomic mass is 19.1. The molecule has 0 unspecified atom stereocenters. The first-order chi connectivity index (χ1) is 16.6. The fourth-order valence-corrected chi connectivity index (χ4v) is 4.09. The molecule has 4 rings (SSSR count). The van der Waals surface area contributed by atoms with Gasteiger partial charge >= 0.3 is 0 Å². The van der Waals surface area contributed by atoms with Gasteiger partial charge in [-0.2, -0.15) is 0 Å². The van der Waals surface area contributed by atoms with Crippen LogP contribution in [0.5, 0.6) is 0 Å². The highest BCUT2D eigenvalue weighted by Gasteiger charge is 2.22. The minimum atomic E-state index is -0.862. The molecule has 4 N–H and O–H groups in total. The molecule has 180 valence electrons. The number of amidine groups is 1. The van der Waals surface area contributed by atoms with Crippen molar-refractivity contribution in [3.63, 3.8) is 0 Å². The Bertz CT molecular complexity index is 1550. The Balaban J connectivity index is 1.91. The van der Waals surface area contributed by atoms with Crippen LogP contribution in [0.25, 0.3) is 22.3 Å². The van der Waals surface area contributed by atoms with Gasteiger partial charge in [-0.05, 0) is 56.7 Å². The second-order valence-corrected chi connectivity index (χ2v) is 8.25. The predicted octanol–water partition coefficient (Wildman–Crippen LogP) is 5.76. The molecule has 0 amide bonds. The van der Waals surface area contributed by atoms with E-state index in [1.165, 1.54) is 25.1 Å². The number of nitrogens with one attached hydrogen (secondary N) is 1. The first-order valence-electron chi connectivity index (χ1n) is 10.7. The zero-order chi connectivity index (χ0) is 25.4. The minimum Gasteiger partial charge on any atom is -0.455 e. The number of nitrogens with zero attached hydrogens (tertiary/aromatic N) is 1. The van der Waals surface area contributed by atoms with Crippen LogP contribution in [0.2, 0.25) is 0 Å². The third-order valence-corrected chi connectivity index (χ3v) is 5.78. The summed E-state index contributed by atoms with van der Waals surface area (Å²) in [5.41, 5.74) is 7.08. The maximum Gasteiger partial charge on any atom is 0.196 e. The van der Waals surface area contributed by atoms with Gasteiger partial charge in [0.25, 0.3) is 0 Å². The lowest BCUT2D eigenvalue weighted by Crippen LogP contribution is -2.19. The molecule has 3 aromatic carbocycles. The summed E-state index contributed by atoms with van der Waals surface area (Å²) in [6.07, 6.45) is 0. The molecule has 0 saturated heterocycles. The SMILES string of the molecule is Cc1cc([C@@H](C)Nc2cccc(F)c2/C(N)=N/O)c2oc(-c3ccc(F)cc3F)c(C)c(=O)c2c1.